The number of thiazole rings is 1. The second kappa shape index (κ2) is 12.7. The highest BCUT2D eigenvalue weighted by Gasteiger charge is 2.18. The highest BCUT2D eigenvalue weighted by atomic mass is 35.5. The van der Waals surface area contributed by atoms with Crippen molar-refractivity contribution in [2.24, 2.45) is 10.7 Å². The minimum absolute atomic E-state index is 0.0905. The molecule has 4 aromatic rings. The van der Waals surface area contributed by atoms with Gasteiger partial charge in [0.1, 0.15) is 5.01 Å². The Bertz CT molecular complexity index is 1460. The second-order valence-electron chi connectivity index (χ2n) is 10.0. The quantitative estimate of drug-likeness (QED) is 0.220. The molecule has 0 unspecified atom stereocenters. The van der Waals surface area contributed by atoms with Gasteiger partial charge in [-0.2, -0.15) is 0 Å². The predicted octanol–water partition coefficient (Wildman–Crippen LogP) is 7.29. The fraction of sp³-hybridized carbons (Fsp3) is 0.290. The van der Waals surface area contributed by atoms with E-state index in [9.17, 15) is 5.11 Å². The maximum Gasteiger partial charge on any atom is 0.124 e. The molecule has 1 aromatic heterocycles. The number of aromatic nitrogens is 1. The molecule has 3 aromatic carbocycles. The number of halogens is 1. The van der Waals surface area contributed by atoms with Gasteiger partial charge in [0.2, 0.25) is 0 Å². The van der Waals surface area contributed by atoms with E-state index in [0.717, 1.165) is 59.9 Å². The zero-order valence-electron chi connectivity index (χ0n) is 22.8. The van der Waals surface area contributed by atoms with Crippen molar-refractivity contribution < 1.29 is 10.2 Å². The molecule has 200 valence electrons. The first-order chi connectivity index (χ1) is 18.0. The van der Waals surface area contributed by atoms with E-state index >= 15 is 0 Å². The number of allylic oxidation sites excluding steroid dienone is 1. The average molecular weight is 550 g/mol. The standard InChI is InChI=1S/C27H26ClN3OS.C4H10O/c1-16-13-24-26(25(22(16)11-12-32)18-7-9-21(28)10-8-18)33-27(31-24)20-6-4-5-19(14-20)23(15-29)17(2)30-3;1-4(2,3)5/h4-10,13-15,32H,11-12,29H2,1-3H3;5H,1-3H3/b23-15+,30-17?;. The molecule has 0 amide bonds. The number of hydrogen-bond acceptors (Lipinski definition) is 6. The molecule has 0 spiro atoms. The van der Waals surface area contributed by atoms with Gasteiger partial charge in [-0.3, -0.25) is 4.99 Å². The topological polar surface area (TPSA) is 91.7 Å². The van der Waals surface area contributed by atoms with Crippen LogP contribution in [0.15, 0.2) is 65.8 Å². The minimum atomic E-state index is -0.500. The van der Waals surface area contributed by atoms with E-state index in [1.807, 2.05) is 43.3 Å². The number of aryl methyl sites for hydroxylation is 1. The van der Waals surface area contributed by atoms with Gasteiger partial charge in [-0.25, -0.2) is 4.98 Å². The summed E-state index contributed by atoms with van der Waals surface area (Å²) in [6.45, 7) is 9.35. The summed E-state index contributed by atoms with van der Waals surface area (Å²) in [5, 5.41) is 19.9. The summed E-state index contributed by atoms with van der Waals surface area (Å²) in [6, 6.07) is 18.2. The van der Waals surface area contributed by atoms with Crippen LogP contribution in [0.1, 0.15) is 44.4 Å². The van der Waals surface area contributed by atoms with Crippen molar-refractivity contribution in [3.8, 4) is 21.7 Å². The van der Waals surface area contributed by atoms with Crippen LogP contribution in [0, 0.1) is 6.92 Å². The summed E-state index contributed by atoms with van der Waals surface area (Å²) in [6.07, 6.45) is 2.19. The number of benzene rings is 3. The molecule has 0 saturated heterocycles. The van der Waals surface area contributed by atoms with Crippen LogP contribution < -0.4 is 5.73 Å². The molecule has 38 heavy (non-hydrogen) atoms. The maximum absolute atomic E-state index is 9.73. The van der Waals surface area contributed by atoms with Gasteiger partial charge >= 0.3 is 0 Å². The number of nitrogens with two attached hydrogens (primary N) is 1. The third-order valence-electron chi connectivity index (χ3n) is 5.82. The van der Waals surface area contributed by atoms with Crippen LogP contribution in [-0.2, 0) is 6.42 Å². The number of aliphatic hydroxyl groups excluding tert-OH is 1. The first-order valence-electron chi connectivity index (χ1n) is 12.5. The molecule has 0 aliphatic rings. The first kappa shape index (κ1) is 29.5. The van der Waals surface area contributed by atoms with Crippen LogP contribution in [0.4, 0.5) is 0 Å². The van der Waals surface area contributed by atoms with Crippen molar-refractivity contribution in [3.05, 3.63) is 82.5 Å². The van der Waals surface area contributed by atoms with Gasteiger partial charge in [-0.1, -0.05) is 41.9 Å². The molecule has 0 radical (unpaired) electrons. The summed E-state index contributed by atoms with van der Waals surface area (Å²) in [7, 11) is 1.76. The Balaban J connectivity index is 0.000000732. The summed E-state index contributed by atoms with van der Waals surface area (Å²) in [4.78, 5) is 9.28. The molecule has 0 saturated carbocycles. The molecule has 0 atom stereocenters. The van der Waals surface area contributed by atoms with Crippen LogP contribution in [0.25, 0.3) is 37.5 Å². The highest BCUT2D eigenvalue weighted by Crippen LogP contribution is 2.41. The number of aliphatic hydroxyl groups is 2. The molecule has 4 rings (SSSR count). The number of hydrogen-bond donors (Lipinski definition) is 3. The van der Waals surface area contributed by atoms with Gasteiger partial charge in [0.15, 0.2) is 0 Å². The molecule has 5 nitrogen and oxygen atoms in total. The van der Waals surface area contributed by atoms with E-state index in [0.29, 0.717) is 11.4 Å². The lowest BCUT2D eigenvalue weighted by Crippen LogP contribution is -2.10. The Hall–Kier alpha value is -3.03. The fourth-order valence-corrected chi connectivity index (χ4v) is 5.34. The van der Waals surface area contributed by atoms with Crippen LogP contribution in [0.3, 0.4) is 0 Å². The molecular formula is C31H36ClN3O2S. The van der Waals surface area contributed by atoms with Gasteiger partial charge in [-0.05, 0) is 87.6 Å². The number of rotatable bonds is 6. The van der Waals surface area contributed by atoms with E-state index in [4.69, 9.17) is 27.4 Å². The average Bonchev–Trinajstić information content (AvgIpc) is 3.28. The molecule has 0 fully saturated rings. The summed E-state index contributed by atoms with van der Waals surface area (Å²) >= 11 is 7.81. The fourth-order valence-electron chi connectivity index (χ4n) is 4.08. The molecule has 4 N–H and O–H groups in total. The summed E-state index contributed by atoms with van der Waals surface area (Å²) in [5.41, 5.74) is 14.6. The summed E-state index contributed by atoms with van der Waals surface area (Å²) in [5.74, 6) is 0. The highest BCUT2D eigenvalue weighted by molar-refractivity contribution is 7.22. The van der Waals surface area contributed by atoms with Crippen LogP contribution in [0.5, 0.6) is 0 Å². The Kier molecular flexibility index (Phi) is 9.85. The van der Waals surface area contributed by atoms with E-state index < -0.39 is 5.60 Å². The minimum Gasteiger partial charge on any atom is -0.404 e. The summed E-state index contributed by atoms with van der Waals surface area (Å²) < 4.78 is 1.10. The molecule has 1 heterocycles. The van der Waals surface area contributed by atoms with Gasteiger partial charge in [0.25, 0.3) is 0 Å². The SMILES string of the molecule is CC(C)(C)O.CN=C(C)/C(=C\N)c1cccc(-c2nc3cc(C)c(CCO)c(-c4ccc(Cl)cc4)c3s2)c1. The van der Waals surface area contributed by atoms with Crippen molar-refractivity contribution in [1.29, 1.82) is 0 Å². The maximum atomic E-state index is 9.73. The normalized spacial score (nSPS) is 12.4. The third-order valence-corrected chi connectivity index (χ3v) is 7.21. The second-order valence-corrected chi connectivity index (χ2v) is 11.5. The molecular weight excluding hydrogens is 514 g/mol. The van der Waals surface area contributed by atoms with Crippen LogP contribution in [0.2, 0.25) is 5.02 Å². The number of nitrogens with zero attached hydrogens (tertiary/aromatic N) is 2. The number of aliphatic imine (C=N–C) groups is 1. The van der Waals surface area contributed by atoms with E-state index in [1.165, 1.54) is 0 Å². The van der Waals surface area contributed by atoms with Crippen molar-refractivity contribution >= 4 is 44.4 Å². The van der Waals surface area contributed by atoms with Crippen LogP contribution in [-0.4, -0.2) is 40.2 Å². The molecule has 0 aliphatic carbocycles. The third kappa shape index (κ3) is 7.29. The Morgan fingerprint density at radius 3 is 2.34 bits per heavy atom. The van der Waals surface area contributed by atoms with Gasteiger partial charge < -0.3 is 15.9 Å². The lowest BCUT2D eigenvalue weighted by Gasteiger charge is -2.13. The van der Waals surface area contributed by atoms with E-state index in [1.54, 1.807) is 45.4 Å². The lowest BCUT2D eigenvalue weighted by molar-refractivity contribution is 0.102. The van der Waals surface area contributed by atoms with Crippen molar-refractivity contribution in [2.75, 3.05) is 13.7 Å². The van der Waals surface area contributed by atoms with Gasteiger partial charge in [0, 0.05) is 47.3 Å². The predicted molar refractivity (Wildman–Crippen MR) is 164 cm³/mol. The van der Waals surface area contributed by atoms with Gasteiger partial charge in [-0.15, -0.1) is 11.3 Å². The lowest BCUT2D eigenvalue weighted by atomic mass is 9.93. The zero-order chi connectivity index (χ0) is 28.0. The van der Waals surface area contributed by atoms with Crippen molar-refractivity contribution in [2.45, 2.75) is 46.6 Å². The molecule has 0 aliphatic heterocycles. The molecule has 7 heteroatoms. The Morgan fingerprint density at radius 1 is 1.11 bits per heavy atom. The molecule has 0 bridgehead atoms. The zero-order valence-corrected chi connectivity index (χ0v) is 24.4. The van der Waals surface area contributed by atoms with E-state index in [2.05, 4.69) is 30.1 Å². The Morgan fingerprint density at radius 2 is 1.76 bits per heavy atom. The van der Waals surface area contributed by atoms with Crippen LogP contribution >= 0.6 is 22.9 Å². The number of fused-ring (bicyclic) bond motifs is 1. The monoisotopic (exact) mass is 549 g/mol. The van der Waals surface area contributed by atoms with Gasteiger partial charge in [0.05, 0.1) is 15.8 Å². The Labute approximate surface area is 234 Å². The van der Waals surface area contributed by atoms with Crippen molar-refractivity contribution in [3.63, 3.8) is 0 Å². The smallest absolute Gasteiger partial charge is 0.124 e. The largest absolute Gasteiger partial charge is 0.404 e. The van der Waals surface area contributed by atoms with E-state index in [-0.39, 0.29) is 6.61 Å². The van der Waals surface area contributed by atoms with Crippen molar-refractivity contribution in [1.82, 2.24) is 4.98 Å². The first-order valence-corrected chi connectivity index (χ1v) is 13.6.